The van der Waals surface area contributed by atoms with Crippen molar-refractivity contribution in [1.29, 1.82) is 0 Å². The molecule has 144 valence electrons. The van der Waals surface area contributed by atoms with Crippen LogP contribution in [0.2, 0.25) is 0 Å². The number of hydrogen-bond acceptors (Lipinski definition) is 2. The largest absolute Gasteiger partial charge is 0.324 e. The van der Waals surface area contributed by atoms with Crippen molar-refractivity contribution in [3.05, 3.63) is 42.0 Å². The Labute approximate surface area is 159 Å². The lowest BCUT2D eigenvalue weighted by Gasteiger charge is -2.37. The summed E-state index contributed by atoms with van der Waals surface area (Å²) in [5.74, 6) is 1.63. The zero-order valence-corrected chi connectivity index (χ0v) is 17.0. The quantitative estimate of drug-likeness (QED) is 0.717. The van der Waals surface area contributed by atoms with E-state index >= 15 is 0 Å². The van der Waals surface area contributed by atoms with E-state index in [4.69, 9.17) is 0 Å². The highest BCUT2D eigenvalue weighted by Gasteiger charge is 2.30. The Bertz CT molecular complexity index is 597. The summed E-state index contributed by atoms with van der Waals surface area (Å²) in [5.41, 5.74) is 2.34. The first kappa shape index (κ1) is 20.5. The van der Waals surface area contributed by atoms with Gasteiger partial charge in [0.05, 0.1) is 0 Å². The molecule has 1 aromatic rings. The zero-order chi connectivity index (χ0) is 19.1. The van der Waals surface area contributed by atoms with E-state index in [1.54, 1.807) is 0 Å². The molecule has 0 aromatic heterocycles. The van der Waals surface area contributed by atoms with Gasteiger partial charge in [-0.15, -0.1) is 0 Å². The fourth-order valence-electron chi connectivity index (χ4n) is 4.00. The Morgan fingerprint density at radius 3 is 2.46 bits per heavy atom. The third-order valence-electron chi connectivity index (χ3n) is 5.37. The molecule has 0 fully saturated rings. The number of anilines is 1. The van der Waals surface area contributed by atoms with Crippen molar-refractivity contribution in [2.75, 3.05) is 39.0 Å². The van der Waals surface area contributed by atoms with Gasteiger partial charge in [-0.2, -0.15) is 0 Å². The second kappa shape index (κ2) is 9.77. The molecule has 0 saturated carbocycles. The average molecular weight is 358 g/mol. The number of nitrogens with zero attached hydrogens (tertiary/aromatic N) is 2. The van der Waals surface area contributed by atoms with Gasteiger partial charge in [0, 0.05) is 18.8 Å². The van der Waals surface area contributed by atoms with E-state index in [9.17, 15) is 4.79 Å². The summed E-state index contributed by atoms with van der Waals surface area (Å²) in [5, 5.41) is 3.07. The first-order chi connectivity index (χ1) is 12.4. The van der Waals surface area contributed by atoms with Crippen LogP contribution in [0.1, 0.15) is 33.6 Å². The Morgan fingerprint density at radius 1 is 1.15 bits per heavy atom. The molecule has 1 aliphatic carbocycles. The van der Waals surface area contributed by atoms with Crippen molar-refractivity contribution < 1.29 is 4.79 Å². The smallest absolute Gasteiger partial charge is 0.321 e. The summed E-state index contributed by atoms with van der Waals surface area (Å²) >= 11 is 0. The van der Waals surface area contributed by atoms with Gasteiger partial charge in [0.2, 0.25) is 0 Å². The Hall–Kier alpha value is -1.81. The Morgan fingerprint density at radius 2 is 1.85 bits per heavy atom. The maximum absolute atomic E-state index is 12.9. The molecule has 2 rings (SSSR count). The molecule has 1 aromatic carbocycles. The molecule has 0 spiro atoms. The molecule has 26 heavy (non-hydrogen) atoms. The molecule has 0 radical (unpaired) electrons. The number of amides is 2. The van der Waals surface area contributed by atoms with Gasteiger partial charge in [-0.3, -0.25) is 0 Å². The van der Waals surface area contributed by atoms with Crippen molar-refractivity contribution in [3.63, 3.8) is 0 Å². The lowest BCUT2D eigenvalue weighted by Crippen LogP contribution is -2.43. The molecule has 1 N–H and O–H groups in total. The van der Waals surface area contributed by atoms with Crippen LogP contribution in [0, 0.1) is 17.8 Å². The van der Waals surface area contributed by atoms with E-state index in [0.717, 1.165) is 38.2 Å². The SMILES string of the molecule is CC1=C[C@H](C)[C@@H](CN(CCCN(C)C)C(=O)Nc2ccccc2)[C@@H](C)C1. The summed E-state index contributed by atoms with van der Waals surface area (Å²) in [4.78, 5) is 17.1. The van der Waals surface area contributed by atoms with Gasteiger partial charge in [-0.1, -0.05) is 43.7 Å². The first-order valence-electron chi connectivity index (χ1n) is 9.79. The Kier molecular flexibility index (Phi) is 7.70. The van der Waals surface area contributed by atoms with Crippen LogP contribution in [0.3, 0.4) is 0 Å². The monoisotopic (exact) mass is 357 g/mol. The molecule has 0 heterocycles. The van der Waals surface area contributed by atoms with Crippen LogP contribution in [0.4, 0.5) is 10.5 Å². The molecule has 0 bridgehead atoms. The standard InChI is InChI=1S/C22H35N3O/c1-17-14-18(2)21(19(3)15-17)16-25(13-9-12-24(4)5)22(26)23-20-10-7-6-8-11-20/h6-8,10-11,14,18-19,21H,9,12-13,15-16H2,1-5H3,(H,23,26)/t18-,19-,21+/m0/s1. The zero-order valence-electron chi connectivity index (χ0n) is 17.0. The minimum absolute atomic E-state index is 0.0145. The van der Waals surface area contributed by atoms with E-state index in [1.807, 2.05) is 35.2 Å². The van der Waals surface area contributed by atoms with Crippen molar-refractivity contribution in [3.8, 4) is 0 Å². The fourth-order valence-corrected chi connectivity index (χ4v) is 4.00. The normalized spacial score (nSPS) is 22.8. The van der Waals surface area contributed by atoms with E-state index in [0.29, 0.717) is 17.8 Å². The van der Waals surface area contributed by atoms with E-state index < -0.39 is 0 Å². The van der Waals surface area contributed by atoms with E-state index in [2.05, 4.69) is 51.2 Å². The van der Waals surface area contributed by atoms with E-state index in [1.165, 1.54) is 5.57 Å². The van der Waals surface area contributed by atoms with Gasteiger partial charge >= 0.3 is 6.03 Å². The number of urea groups is 1. The molecule has 0 saturated heterocycles. The number of carbonyl (C=O) groups is 1. The van der Waals surface area contributed by atoms with Crippen molar-refractivity contribution in [1.82, 2.24) is 9.80 Å². The maximum atomic E-state index is 12.9. The van der Waals surface area contributed by atoms with Crippen molar-refractivity contribution in [2.24, 2.45) is 17.8 Å². The van der Waals surface area contributed by atoms with E-state index in [-0.39, 0.29) is 6.03 Å². The molecule has 2 amide bonds. The van der Waals surface area contributed by atoms with Gasteiger partial charge in [0.1, 0.15) is 0 Å². The van der Waals surface area contributed by atoms with Crippen LogP contribution < -0.4 is 5.32 Å². The number of para-hydroxylation sites is 1. The third-order valence-corrected chi connectivity index (χ3v) is 5.37. The first-order valence-corrected chi connectivity index (χ1v) is 9.79. The third kappa shape index (κ3) is 6.17. The highest BCUT2D eigenvalue weighted by atomic mass is 16.2. The lowest BCUT2D eigenvalue weighted by molar-refractivity contribution is 0.165. The molecule has 3 atom stereocenters. The predicted octanol–water partition coefficient (Wildman–Crippen LogP) is 4.71. The maximum Gasteiger partial charge on any atom is 0.321 e. The van der Waals surface area contributed by atoms with Crippen LogP contribution >= 0.6 is 0 Å². The number of allylic oxidation sites excluding steroid dienone is 2. The summed E-state index contributed by atoms with van der Waals surface area (Å²) < 4.78 is 0. The number of nitrogens with one attached hydrogen (secondary N) is 1. The van der Waals surface area contributed by atoms with Crippen LogP contribution in [-0.2, 0) is 0 Å². The number of benzene rings is 1. The highest BCUT2D eigenvalue weighted by molar-refractivity contribution is 5.89. The molecule has 1 aliphatic rings. The number of rotatable bonds is 7. The molecule has 0 aliphatic heterocycles. The average Bonchev–Trinajstić information content (AvgIpc) is 2.56. The molecule has 4 nitrogen and oxygen atoms in total. The Balaban J connectivity index is 2.06. The minimum atomic E-state index is 0.0145. The molecular formula is C22H35N3O. The second-order valence-corrected chi connectivity index (χ2v) is 8.12. The van der Waals surface area contributed by atoms with Crippen LogP contribution in [0.15, 0.2) is 42.0 Å². The highest BCUT2D eigenvalue weighted by Crippen LogP contribution is 2.34. The van der Waals surface area contributed by atoms with Crippen LogP contribution in [0.5, 0.6) is 0 Å². The summed E-state index contributed by atoms with van der Waals surface area (Å²) in [7, 11) is 4.15. The number of hydrogen-bond donors (Lipinski definition) is 1. The van der Waals surface area contributed by atoms with Crippen LogP contribution in [-0.4, -0.2) is 49.6 Å². The fraction of sp³-hybridized carbons (Fsp3) is 0.591. The summed E-state index contributed by atoms with van der Waals surface area (Å²) in [6.07, 6.45) is 4.51. The lowest BCUT2D eigenvalue weighted by atomic mass is 9.75. The van der Waals surface area contributed by atoms with Gasteiger partial charge in [0.15, 0.2) is 0 Å². The predicted molar refractivity (Wildman–Crippen MR) is 110 cm³/mol. The van der Waals surface area contributed by atoms with Gasteiger partial charge < -0.3 is 15.1 Å². The summed E-state index contributed by atoms with van der Waals surface area (Å²) in [6, 6.07) is 9.75. The molecular weight excluding hydrogens is 322 g/mol. The minimum Gasteiger partial charge on any atom is -0.324 e. The van der Waals surface area contributed by atoms with Gasteiger partial charge in [-0.25, -0.2) is 4.79 Å². The van der Waals surface area contributed by atoms with Gasteiger partial charge in [-0.05, 0) is 70.3 Å². The number of carbonyl (C=O) groups excluding carboxylic acids is 1. The topological polar surface area (TPSA) is 35.6 Å². The van der Waals surface area contributed by atoms with Crippen molar-refractivity contribution in [2.45, 2.75) is 33.6 Å². The molecule has 4 heteroatoms. The molecule has 0 unspecified atom stereocenters. The van der Waals surface area contributed by atoms with Crippen LogP contribution in [0.25, 0.3) is 0 Å². The van der Waals surface area contributed by atoms with Gasteiger partial charge in [0.25, 0.3) is 0 Å². The van der Waals surface area contributed by atoms with Crippen molar-refractivity contribution >= 4 is 11.7 Å². The second-order valence-electron chi connectivity index (χ2n) is 8.12. The summed E-state index contributed by atoms with van der Waals surface area (Å²) in [6.45, 7) is 9.43.